The summed E-state index contributed by atoms with van der Waals surface area (Å²) < 4.78 is 0. The van der Waals surface area contributed by atoms with Crippen molar-refractivity contribution in [3.05, 3.63) is 70.7 Å². The number of benzene rings is 2. The molecule has 0 saturated carbocycles. The first-order chi connectivity index (χ1) is 9.70. The van der Waals surface area contributed by atoms with Crippen molar-refractivity contribution >= 4 is 11.6 Å². The Morgan fingerprint density at radius 1 is 1.00 bits per heavy atom. The molecule has 0 radical (unpaired) electrons. The van der Waals surface area contributed by atoms with E-state index in [0.29, 0.717) is 6.04 Å². The van der Waals surface area contributed by atoms with Crippen LogP contribution in [0.3, 0.4) is 0 Å². The molecule has 0 saturated heterocycles. The fourth-order valence-corrected chi connectivity index (χ4v) is 2.69. The van der Waals surface area contributed by atoms with Crippen molar-refractivity contribution in [1.29, 1.82) is 0 Å². The van der Waals surface area contributed by atoms with Crippen LogP contribution in [0.4, 0.5) is 0 Å². The van der Waals surface area contributed by atoms with Crippen LogP contribution in [0.25, 0.3) is 0 Å². The molecular weight excluding hydrogens is 266 g/mol. The van der Waals surface area contributed by atoms with Crippen LogP contribution in [0, 0.1) is 0 Å². The molecule has 1 nitrogen and oxygen atoms in total. The lowest BCUT2D eigenvalue weighted by molar-refractivity contribution is 0.439. The molecule has 0 fully saturated rings. The highest BCUT2D eigenvalue weighted by Gasteiger charge is 2.14. The van der Waals surface area contributed by atoms with Gasteiger partial charge in [0.25, 0.3) is 0 Å². The number of halogens is 1. The zero-order valence-electron chi connectivity index (χ0n) is 12.1. The average Bonchev–Trinajstić information content (AvgIpc) is 2.47. The van der Waals surface area contributed by atoms with Gasteiger partial charge >= 0.3 is 0 Å². The van der Waals surface area contributed by atoms with Crippen molar-refractivity contribution in [2.75, 3.05) is 0 Å². The second kappa shape index (κ2) is 7.47. The van der Waals surface area contributed by atoms with Gasteiger partial charge in [-0.05, 0) is 36.6 Å². The summed E-state index contributed by atoms with van der Waals surface area (Å²) in [7, 11) is 0. The zero-order valence-corrected chi connectivity index (χ0v) is 12.9. The highest BCUT2D eigenvalue weighted by molar-refractivity contribution is 6.30. The molecule has 1 N–H and O–H groups in total. The van der Waals surface area contributed by atoms with Gasteiger partial charge in [0.2, 0.25) is 0 Å². The van der Waals surface area contributed by atoms with Gasteiger partial charge in [-0.2, -0.15) is 0 Å². The lowest BCUT2D eigenvalue weighted by Crippen LogP contribution is -2.24. The third-order valence-corrected chi connectivity index (χ3v) is 3.81. The minimum Gasteiger partial charge on any atom is -0.303 e. The minimum atomic E-state index is 0.283. The first kappa shape index (κ1) is 15.1. The first-order valence-corrected chi connectivity index (χ1v) is 7.65. The molecule has 20 heavy (non-hydrogen) atoms. The van der Waals surface area contributed by atoms with E-state index in [-0.39, 0.29) is 6.04 Å². The van der Waals surface area contributed by atoms with Gasteiger partial charge in [0.05, 0.1) is 0 Å². The highest BCUT2D eigenvalue weighted by atomic mass is 35.5. The topological polar surface area (TPSA) is 12.0 Å². The third-order valence-electron chi connectivity index (χ3n) is 3.58. The molecule has 2 aromatic carbocycles. The van der Waals surface area contributed by atoms with Crippen LogP contribution < -0.4 is 5.32 Å². The summed E-state index contributed by atoms with van der Waals surface area (Å²) in [6, 6.07) is 19.4. The monoisotopic (exact) mass is 287 g/mol. The van der Waals surface area contributed by atoms with E-state index in [1.807, 2.05) is 18.2 Å². The molecule has 0 aliphatic heterocycles. The van der Waals surface area contributed by atoms with Gasteiger partial charge in [0.1, 0.15) is 0 Å². The Balaban J connectivity index is 2.12. The van der Waals surface area contributed by atoms with E-state index in [2.05, 4.69) is 55.6 Å². The van der Waals surface area contributed by atoms with E-state index in [0.717, 1.165) is 17.9 Å². The summed E-state index contributed by atoms with van der Waals surface area (Å²) in [5.74, 6) is 0. The van der Waals surface area contributed by atoms with Crippen LogP contribution in [0.5, 0.6) is 0 Å². The van der Waals surface area contributed by atoms with Crippen molar-refractivity contribution in [2.24, 2.45) is 0 Å². The Morgan fingerprint density at radius 3 is 2.35 bits per heavy atom. The Bertz CT molecular complexity index is 524. The maximum absolute atomic E-state index is 6.08. The molecule has 0 aliphatic rings. The SMILES string of the molecule is CCCC(N[C@H](C)c1cccc(Cl)c1)c1ccccc1. The van der Waals surface area contributed by atoms with Gasteiger partial charge in [-0.25, -0.2) is 0 Å². The number of nitrogens with one attached hydrogen (secondary N) is 1. The van der Waals surface area contributed by atoms with Crippen molar-refractivity contribution in [3.8, 4) is 0 Å². The Kier molecular flexibility index (Phi) is 5.63. The van der Waals surface area contributed by atoms with Crippen LogP contribution >= 0.6 is 11.6 Å². The van der Waals surface area contributed by atoms with Gasteiger partial charge in [0.15, 0.2) is 0 Å². The van der Waals surface area contributed by atoms with E-state index in [9.17, 15) is 0 Å². The van der Waals surface area contributed by atoms with E-state index >= 15 is 0 Å². The molecular formula is C18H22ClN. The van der Waals surface area contributed by atoms with Crippen molar-refractivity contribution in [3.63, 3.8) is 0 Å². The molecule has 1 unspecified atom stereocenters. The minimum absolute atomic E-state index is 0.283. The quantitative estimate of drug-likeness (QED) is 0.736. The second-order valence-corrected chi connectivity index (χ2v) is 5.63. The molecule has 0 amide bonds. The summed E-state index contributed by atoms with van der Waals surface area (Å²) in [4.78, 5) is 0. The predicted octanol–water partition coefficient (Wildman–Crippen LogP) is 5.53. The maximum Gasteiger partial charge on any atom is 0.0409 e. The zero-order chi connectivity index (χ0) is 14.4. The summed E-state index contributed by atoms with van der Waals surface area (Å²) >= 11 is 6.08. The number of hydrogen-bond acceptors (Lipinski definition) is 1. The van der Waals surface area contributed by atoms with E-state index < -0.39 is 0 Å². The normalized spacial score (nSPS) is 13.9. The summed E-state index contributed by atoms with van der Waals surface area (Å²) in [5.41, 5.74) is 2.58. The van der Waals surface area contributed by atoms with Crippen molar-refractivity contribution < 1.29 is 0 Å². The van der Waals surface area contributed by atoms with E-state index in [1.165, 1.54) is 11.1 Å². The van der Waals surface area contributed by atoms with Gasteiger partial charge < -0.3 is 5.32 Å². The van der Waals surface area contributed by atoms with Crippen LogP contribution in [0.15, 0.2) is 54.6 Å². The summed E-state index contributed by atoms with van der Waals surface area (Å²) in [6.45, 7) is 4.42. The Morgan fingerprint density at radius 2 is 1.70 bits per heavy atom. The van der Waals surface area contributed by atoms with Gasteiger partial charge in [-0.15, -0.1) is 0 Å². The average molecular weight is 288 g/mol. The third kappa shape index (κ3) is 4.09. The molecule has 0 bridgehead atoms. The maximum atomic E-state index is 6.08. The molecule has 0 aliphatic carbocycles. The lowest BCUT2D eigenvalue weighted by atomic mass is 10.00. The standard InChI is InChI=1S/C18H22ClN/c1-3-8-18(15-9-5-4-6-10-15)20-14(2)16-11-7-12-17(19)13-16/h4-7,9-14,18,20H,3,8H2,1-2H3/t14-,18?/m1/s1. The summed E-state index contributed by atoms with van der Waals surface area (Å²) in [5, 5.41) is 4.51. The highest BCUT2D eigenvalue weighted by Crippen LogP contribution is 2.24. The van der Waals surface area contributed by atoms with Crippen molar-refractivity contribution in [1.82, 2.24) is 5.32 Å². The fourth-order valence-electron chi connectivity index (χ4n) is 2.49. The van der Waals surface area contributed by atoms with Gasteiger partial charge in [0, 0.05) is 17.1 Å². The Labute approximate surface area is 127 Å². The molecule has 0 spiro atoms. The van der Waals surface area contributed by atoms with E-state index in [4.69, 9.17) is 11.6 Å². The number of rotatable bonds is 6. The van der Waals surface area contributed by atoms with Gasteiger partial charge in [-0.1, -0.05) is 67.4 Å². The molecule has 0 heterocycles. The molecule has 2 heteroatoms. The second-order valence-electron chi connectivity index (χ2n) is 5.20. The molecule has 2 rings (SSSR count). The van der Waals surface area contributed by atoms with Crippen LogP contribution in [-0.2, 0) is 0 Å². The van der Waals surface area contributed by atoms with Crippen molar-refractivity contribution in [2.45, 2.75) is 38.8 Å². The summed E-state index contributed by atoms with van der Waals surface area (Å²) in [6.07, 6.45) is 2.30. The van der Waals surface area contributed by atoms with Crippen LogP contribution in [0.1, 0.15) is 49.9 Å². The predicted molar refractivity (Wildman–Crippen MR) is 87.1 cm³/mol. The molecule has 2 atom stereocenters. The molecule has 106 valence electrons. The molecule has 0 aromatic heterocycles. The smallest absolute Gasteiger partial charge is 0.0409 e. The fraction of sp³-hybridized carbons (Fsp3) is 0.333. The first-order valence-electron chi connectivity index (χ1n) is 7.27. The Hall–Kier alpha value is -1.31. The van der Waals surface area contributed by atoms with Crippen LogP contribution in [-0.4, -0.2) is 0 Å². The van der Waals surface area contributed by atoms with Gasteiger partial charge in [-0.3, -0.25) is 0 Å². The number of hydrogen-bond donors (Lipinski definition) is 1. The largest absolute Gasteiger partial charge is 0.303 e. The lowest BCUT2D eigenvalue weighted by Gasteiger charge is -2.24. The van der Waals surface area contributed by atoms with E-state index in [1.54, 1.807) is 0 Å². The molecule has 2 aromatic rings. The van der Waals surface area contributed by atoms with Crippen LogP contribution in [0.2, 0.25) is 5.02 Å².